The third-order valence-electron chi connectivity index (χ3n) is 2.45. The number of ether oxygens (including phenoxy) is 2. The fraction of sp³-hybridized carbons (Fsp3) is 0.364. The number of rotatable bonds is 5. The summed E-state index contributed by atoms with van der Waals surface area (Å²) in [5.41, 5.74) is 1.03. The van der Waals surface area contributed by atoms with Gasteiger partial charge in [0, 0.05) is 13.2 Å². The van der Waals surface area contributed by atoms with Crippen molar-refractivity contribution in [1.29, 1.82) is 0 Å². The molecule has 0 unspecified atom stereocenters. The Bertz CT molecular complexity index is 504. The van der Waals surface area contributed by atoms with Gasteiger partial charge in [0.2, 0.25) is 17.7 Å². The average Bonchev–Trinajstić information content (AvgIpc) is 2.81. The first-order valence-corrected chi connectivity index (χ1v) is 5.40. The molecule has 0 amide bonds. The second-order valence-corrected chi connectivity index (χ2v) is 3.58. The molecular formula is C11H15N5O2. The summed E-state index contributed by atoms with van der Waals surface area (Å²) >= 11 is 0. The molecule has 96 valence electrons. The Morgan fingerprint density at radius 2 is 1.89 bits per heavy atom. The third kappa shape index (κ3) is 2.68. The first kappa shape index (κ1) is 12.2. The monoisotopic (exact) mass is 249 g/mol. The molecule has 2 rings (SSSR count). The van der Waals surface area contributed by atoms with Gasteiger partial charge in [-0.2, -0.15) is 15.1 Å². The number of aryl methyl sites for hydroxylation is 1. The van der Waals surface area contributed by atoms with Gasteiger partial charge in [-0.1, -0.05) is 0 Å². The SMILES string of the molecule is COc1cc(OC)nc(NCc2ccnn2C)n1. The number of hydrogen-bond acceptors (Lipinski definition) is 6. The molecule has 7 nitrogen and oxygen atoms in total. The smallest absolute Gasteiger partial charge is 0.229 e. The summed E-state index contributed by atoms with van der Waals surface area (Å²) in [6.45, 7) is 0.576. The predicted octanol–water partition coefficient (Wildman–Crippen LogP) is 0.839. The van der Waals surface area contributed by atoms with Crippen LogP contribution in [0, 0.1) is 0 Å². The van der Waals surface area contributed by atoms with Crippen LogP contribution in [0.5, 0.6) is 11.8 Å². The molecule has 0 saturated heterocycles. The van der Waals surface area contributed by atoms with Crippen LogP contribution in [0.3, 0.4) is 0 Å². The summed E-state index contributed by atoms with van der Waals surface area (Å²) < 4.78 is 11.9. The Morgan fingerprint density at radius 3 is 2.39 bits per heavy atom. The van der Waals surface area contributed by atoms with Gasteiger partial charge in [0.25, 0.3) is 0 Å². The van der Waals surface area contributed by atoms with Crippen molar-refractivity contribution >= 4 is 5.95 Å². The minimum absolute atomic E-state index is 0.451. The van der Waals surface area contributed by atoms with Crippen LogP contribution in [0.2, 0.25) is 0 Å². The molecule has 2 aromatic rings. The van der Waals surface area contributed by atoms with E-state index in [1.54, 1.807) is 31.2 Å². The van der Waals surface area contributed by atoms with Crippen LogP contribution in [-0.4, -0.2) is 34.0 Å². The summed E-state index contributed by atoms with van der Waals surface area (Å²) in [7, 11) is 4.98. The maximum Gasteiger partial charge on any atom is 0.229 e. The van der Waals surface area contributed by atoms with E-state index in [0.717, 1.165) is 5.69 Å². The van der Waals surface area contributed by atoms with Gasteiger partial charge in [-0.15, -0.1) is 0 Å². The molecule has 2 heterocycles. The standard InChI is InChI=1S/C11H15N5O2/c1-16-8(4-5-13-16)7-12-11-14-9(17-2)6-10(15-11)18-3/h4-6H,7H2,1-3H3,(H,12,14,15). The van der Waals surface area contributed by atoms with E-state index in [1.807, 2.05) is 13.1 Å². The molecule has 0 bridgehead atoms. The van der Waals surface area contributed by atoms with Crippen molar-refractivity contribution in [2.24, 2.45) is 7.05 Å². The first-order chi connectivity index (χ1) is 8.72. The van der Waals surface area contributed by atoms with Crippen LogP contribution < -0.4 is 14.8 Å². The highest BCUT2D eigenvalue weighted by atomic mass is 16.5. The average molecular weight is 249 g/mol. The maximum atomic E-state index is 5.07. The van der Waals surface area contributed by atoms with Crippen LogP contribution in [0.25, 0.3) is 0 Å². The van der Waals surface area contributed by atoms with Gasteiger partial charge in [-0.25, -0.2) is 0 Å². The van der Waals surface area contributed by atoms with E-state index in [1.165, 1.54) is 0 Å². The molecule has 0 aliphatic rings. The number of methoxy groups -OCH3 is 2. The van der Waals surface area contributed by atoms with Gasteiger partial charge in [0.05, 0.1) is 32.5 Å². The van der Waals surface area contributed by atoms with Crippen LogP contribution in [0.1, 0.15) is 5.69 Å². The zero-order valence-corrected chi connectivity index (χ0v) is 10.5. The summed E-state index contributed by atoms with van der Waals surface area (Å²) in [5, 5.41) is 7.18. The van der Waals surface area contributed by atoms with Gasteiger partial charge < -0.3 is 14.8 Å². The molecule has 0 aliphatic heterocycles. The summed E-state index contributed by atoms with van der Waals surface area (Å²) in [4.78, 5) is 8.35. The lowest BCUT2D eigenvalue weighted by Gasteiger charge is -2.08. The lowest BCUT2D eigenvalue weighted by molar-refractivity contribution is 0.373. The van der Waals surface area contributed by atoms with Crippen molar-refractivity contribution in [2.45, 2.75) is 6.54 Å². The van der Waals surface area contributed by atoms with Crippen LogP contribution in [0.4, 0.5) is 5.95 Å². The van der Waals surface area contributed by atoms with E-state index < -0.39 is 0 Å². The molecular weight excluding hydrogens is 234 g/mol. The van der Waals surface area contributed by atoms with Crippen molar-refractivity contribution in [3.05, 3.63) is 24.0 Å². The van der Waals surface area contributed by atoms with Gasteiger partial charge in [-0.05, 0) is 6.07 Å². The fourth-order valence-electron chi connectivity index (χ4n) is 1.44. The largest absolute Gasteiger partial charge is 0.481 e. The van der Waals surface area contributed by atoms with Crippen LogP contribution >= 0.6 is 0 Å². The Morgan fingerprint density at radius 1 is 1.22 bits per heavy atom. The van der Waals surface area contributed by atoms with Crippen molar-refractivity contribution in [2.75, 3.05) is 19.5 Å². The van der Waals surface area contributed by atoms with Crippen LogP contribution in [0.15, 0.2) is 18.3 Å². The highest BCUT2D eigenvalue weighted by molar-refractivity contribution is 5.34. The lowest BCUT2D eigenvalue weighted by atomic mass is 10.4. The lowest BCUT2D eigenvalue weighted by Crippen LogP contribution is -2.08. The van der Waals surface area contributed by atoms with E-state index in [-0.39, 0.29) is 0 Å². The van der Waals surface area contributed by atoms with E-state index in [0.29, 0.717) is 24.3 Å². The predicted molar refractivity (Wildman–Crippen MR) is 65.7 cm³/mol. The molecule has 18 heavy (non-hydrogen) atoms. The minimum atomic E-state index is 0.451. The highest BCUT2D eigenvalue weighted by Crippen LogP contribution is 2.17. The van der Waals surface area contributed by atoms with E-state index in [9.17, 15) is 0 Å². The zero-order chi connectivity index (χ0) is 13.0. The highest BCUT2D eigenvalue weighted by Gasteiger charge is 2.06. The minimum Gasteiger partial charge on any atom is -0.481 e. The Labute approximate surface area is 105 Å². The summed E-state index contributed by atoms with van der Waals surface area (Å²) in [5.74, 6) is 1.36. The first-order valence-electron chi connectivity index (χ1n) is 5.40. The molecule has 7 heteroatoms. The quantitative estimate of drug-likeness (QED) is 0.846. The number of hydrogen-bond donors (Lipinski definition) is 1. The molecule has 0 fully saturated rings. The van der Waals surface area contributed by atoms with E-state index in [2.05, 4.69) is 20.4 Å². The topological polar surface area (TPSA) is 74.1 Å². The van der Waals surface area contributed by atoms with Crippen molar-refractivity contribution in [3.63, 3.8) is 0 Å². The molecule has 0 spiro atoms. The van der Waals surface area contributed by atoms with Crippen LogP contribution in [-0.2, 0) is 13.6 Å². The molecule has 0 saturated carbocycles. The summed E-state index contributed by atoms with van der Waals surface area (Å²) in [6, 6.07) is 3.54. The van der Waals surface area contributed by atoms with Crippen molar-refractivity contribution in [1.82, 2.24) is 19.7 Å². The van der Waals surface area contributed by atoms with Crippen molar-refractivity contribution in [3.8, 4) is 11.8 Å². The van der Waals surface area contributed by atoms with Gasteiger partial charge in [0.1, 0.15) is 0 Å². The summed E-state index contributed by atoms with van der Waals surface area (Å²) in [6.07, 6.45) is 1.74. The van der Waals surface area contributed by atoms with Gasteiger partial charge in [-0.3, -0.25) is 4.68 Å². The molecule has 1 N–H and O–H groups in total. The van der Waals surface area contributed by atoms with Gasteiger partial charge in [0.15, 0.2) is 0 Å². The molecule has 0 aromatic carbocycles. The number of aromatic nitrogens is 4. The Kier molecular flexibility index (Phi) is 3.61. The second kappa shape index (κ2) is 5.35. The Balaban J connectivity index is 2.11. The van der Waals surface area contributed by atoms with E-state index >= 15 is 0 Å². The van der Waals surface area contributed by atoms with Crippen molar-refractivity contribution < 1.29 is 9.47 Å². The zero-order valence-electron chi connectivity index (χ0n) is 10.5. The fourth-order valence-corrected chi connectivity index (χ4v) is 1.44. The third-order valence-corrected chi connectivity index (χ3v) is 2.45. The number of nitrogens with zero attached hydrogens (tertiary/aromatic N) is 4. The van der Waals surface area contributed by atoms with Gasteiger partial charge >= 0.3 is 0 Å². The molecule has 0 radical (unpaired) electrons. The molecule has 2 aromatic heterocycles. The Hall–Kier alpha value is -2.31. The number of anilines is 1. The second-order valence-electron chi connectivity index (χ2n) is 3.58. The molecule has 0 atom stereocenters. The number of nitrogens with one attached hydrogen (secondary N) is 1. The van der Waals surface area contributed by atoms with E-state index in [4.69, 9.17) is 9.47 Å². The normalized spacial score (nSPS) is 10.2. The molecule has 0 aliphatic carbocycles. The maximum absolute atomic E-state index is 5.07.